The molecule has 0 saturated heterocycles. The zero-order valence-corrected chi connectivity index (χ0v) is 11.0. The third kappa shape index (κ3) is 4.36. The summed E-state index contributed by atoms with van der Waals surface area (Å²) in [6.07, 6.45) is 11.2. The van der Waals surface area contributed by atoms with Crippen molar-refractivity contribution in [2.45, 2.75) is 53.1 Å². The van der Waals surface area contributed by atoms with E-state index in [-0.39, 0.29) is 11.5 Å². The molecule has 0 spiro atoms. The van der Waals surface area contributed by atoms with Crippen LogP contribution in [-0.4, -0.2) is 11.2 Å². The van der Waals surface area contributed by atoms with Crippen molar-refractivity contribution in [2.75, 3.05) is 0 Å². The van der Waals surface area contributed by atoms with Crippen molar-refractivity contribution in [2.24, 2.45) is 5.41 Å². The van der Waals surface area contributed by atoms with Gasteiger partial charge in [-0.2, -0.15) is 0 Å². The Hall–Kier alpha value is -0.820. The molecule has 0 heterocycles. The van der Waals surface area contributed by atoms with Crippen molar-refractivity contribution in [1.82, 2.24) is 0 Å². The van der Waals surface area contributed by atoms with Gasteiger partial charge in [-0.15, -0.1) is 0 Å². The predicted molar refractivity (Wildman–Crippen MR) is 70.3 cm³/mol. The van der Waals surface area contributed by atoms with Gasteiger partial charge in [-0.05, 0) is 44.1 Å². The van der Waals surface area contributed by atoms with Gasteiger partial charge in [0.1, 0.15) is 0 Å². The Bertz CT molecular complexity index is 318. The summed E-state index contributed by atoms with van der Waals surface area (Å²) >= 11 is 0. The minimum absolute atomic E-state index is 0.186. The number of aliphatic hydroxyl groups is 1. The maximum atomic E-state index is 9.95. The van der Waals surface area contributed by atoms with Gasteiger partial charge in [-0.3, -0.25) is 0 Å². The molecule has 1 heteroatoms. The third-order valence-electron chi connectivity index (χ3n) is 3.17. The summed E-state index contributed by atoms with van der Waals surface area (Å²) in [6, 6.07) is 0. The quantitative estimate of drug-likeness (QED) is 0.612. The van der Waals surface area contributed by atoms with E-state index in [9.17, 15) is 5.11 Å². The van der Waals surface area contributed by atoms with Crippen molar-refractivity contribution in [1.29, 1.82) is 0 Å². The van der Waals surface area contributed by atoms with Gasteiger partial charge < -0.3 is 5.11 Å². The van der Waals surface area contributed by atoms with Gasteiger partial charge in [0.05, 0.1) is 6.10 Å². The first-order valence-electron chi connectivity index (χ1n) is 6.09. The van der Waals surface area contributed by atoms with E-state index in [2.05, 4.69) is 45.1 Å². The number of hydrogen-bond donors (Lipinski definition) is 1. The summed E-state index contributed by atoms with van der Waals surface area (Å²) in [4.78, 5) is 0. The lowest BCUT2D eigenvalue weighted by Crippen LogP contribution is -2.09. The van der Waals surface area contributed by atoms with Gasteiger partial charge in [0.25, 0.3) is 0 Å². The smallest absolute Gasteiger partial charge is 0.0781 e. The fourth-order valence-electron chi connectivity index (χ4n) is 1.77. The standard InChI is InChI=1S/C15H24O/c1-12-6-5-10-15(3,4)11-9-13(2)14(16)8-7-12/h5,7,9-10,14,16H,6,8,11H2,1-4H3. The molecule has 1 atom stereocenters. The number of hydrogen-bond acceptors (Lipinski definition) is 1. The van der Waals surface area contributed by atoms with Crippen LogP contribution in [0.5, 0.6) is 0 Å². The molecule has 1 aliphatic carbocycles. The van der Waals surface area contributed by atoms with Gasteiger partial charge in [0.15, 0.2) is 0 Å². The van der Waals surface area contributed by atoms with Crippen LogP contribution in [0.4, 0.5) is 0 Å². The molecular formula is C15H24O. The monoisotopic (exact) mass is 220 g/mol. The Labute approximate surface area is 99.6 Å². The van der Waals surface area contributed by atoms with Crippen molar-refractivity contribution in [3.63, 3.8) is 0 Å². The van der Waals surface area contributed by atoms with E-state index in [1.807, 2.05) is 6.92 Å². The number of aliphatic hydroxyl groups excluding tert-OH is 1. The molecule has 0 amide bonds. The summed E-state index contributed by atoms with van der Waals surface area (Å²) in [7, 11) is 0. The van der Waals surface area contributed by atoms with Crippen LogP contribution in [-0.2, 0) is 0 Å². The molecule has 0 radical (unpaired) electrons. The molecule has 0 aromatic rings. The molecule has 0 saturated carbocycles. The molecule has 0 bridgehead atoms. The number of rotatable bonds is 0. The predicted octanol–water partition coefficient (Wildman–Crippen LogP) is 4.01. The van der Waals surface area contributed by atoms with Gasteiger partial charge in [-0.1, -0.05) is 43.7 Å². The normalized spacial score (nSPS) is 26.7. The van der Waals surface area contributed by atoms with Gasteiger partial charge in [-0.25, -0.2) is 0 Å². The van der Waals surface area contributed by atoms with E-state index in [1.165, 1.54) is 5.57 Å². The fourth-order valence-corrected chi connectivity index (χ4v) is 1.77. The van der Waals surface area contributed by atoms with Crippen LogP contribution < -0.4 is 0 Å². The molecule has 1 aliphatic rings. The van der Waals surface area contributed by atoms with Crippen molar-refractivity contribution in [3.8, 4) is 0 Å². The Kier molecular flexibility index (Phi) is 4.55. The zero-order chi connectivity index (χ0) is 12.2. The fraction of sp³-hybridized carbons (Fsp3) is 0.600. The minimum atomic E-state index is -0.316. The highest BCUT2D eigenvalue weighted by molar-refractivity contribution is 5.14. The first kappa shape index (κ1) is 13.2. The Morgan fingerprint density at radius 2 is 1.94 bits per heavy atom. The lowest BCUT2D eigenvalue weighted by molar-refractivity contribution is 0.213. The number of allylic oxidation sites excluding steroid dienone is 4. The first-order valence-corrected chi connectivity index (χ1v) is 6.09. The molecule has 1 nitrogen and oxygen atoms in total. The first-order chi connectivity index (χ1) is 7.41. The van der Waals surface area contributed by atoms with Crippen LogP contribution in [0.1, 0.15) is 47.0 Å². The Morgan fingerprint density at radius 1 is 1.25 bits per heavy atom. The van der Waals surface area contributed by atoms with E-state index in [0.717, 1.165) is 24.8 Å². The highest BCUT2D eigenvalue weighted by Gasteiger charge is 2.14. The Balaban J connectivity index is 2.90. The van der Waals surface area contributed by atoms with E-state index >= 15 is 0 Å². The summed E-state index contributed by atoms with van der Waals surface area (Å²) in [6.45, 7) is 8.61. The average molecular weight is 220 g/mol. The molecule has 0 fully saturated rings. The van der Waals surface area contributed by atoms with Crippen LogP contribution in [0, 0.1) is 5.41 Å². The van der Waals surface area contributed by atoms with Crippen LogP contribution >= 0.6 is 0 Å². The molecule has 0 aliphatic heterocycles. The molecule has 16 heavy (non-hydrogen) atoms. The largest absolute Gasteiger partial charge is 0.388 e. The lowest BCUT2D eigenvalue weighted by Gasteiger charge is -2.19. The summed E-state index contributed by atoms with van der Waals surface area (Å²) in [5.74, 6) is 0. The van der Waals surface area contributed by atoms with Gasteiger partial charge >= 0.3 is 0 Å². The van der Waals surface area contributed by atoms with Crippen LogP contribution in [0.3, 0.4) is 0 Å². The van der Waals surface area contributed by atoms with Crippen LogP contribution in [0.15, 0.2) is 35.5 Å². The highest BCUT2D eigenvalue weighted by atomic mass is 16.3. The molecule has 90 valence electrons. The molecule has 1 rings (SSSR count). The van der Waals surface area contributed by atoms with E-state index in [1.54, 1.807) is 0 Å². The van der Waals surface area contributed by atoms with Crippen LogP contribution in [0.2, 0.25) is 0 Å². The van der Waals surface area contributed by atoms with E-state index in [4.69, 9.17) is 0 Å². The molecule has 1 N–H and O–H groups in total. The molecule has 1 unspecified atom stereocenters. The van der Waals surface area contributed by atoms with Crippen molar-refractivity contribution < 1.29 is 5.11 Å². The maximum absolute atomic E-state index is 9.95. The van der Waals surface area contributed by atoms with Crippen molar-refractivity contribution >= 4 is 0 Å². The highest BCUT2D eigenvalue weighted by Crippen LogP contribution is 2.25. The maximum Gasteiger partial charge on any atom is 0.0781 e. The topological polar surface area (TPSA) is 20.2 Å². The second-order valence-corrected chi connectivity index (χ2v) is 5.55. The lowest BCUT2D eigenvalue weighted by atomic mass is 9.87. The van der Waals surface area contributed by atoms with Crippen LogP contribution in [0.25, 0.3) is 0 Å². The molecular weight excluding hydrogens is 196 g/mol. The second-order valence-electron chi connectivity index (χ2n) is 5.55. The van der Waals surface area contributed by atoms with E-state index < -0.39 is 0 Å². The summed E-state index contributed by atoms with van der Waals surface area (Å²) in [5.41, 5.74) is 2.61. The summed E-state index contributed by atoms with van der Waals surface area (Å²) in [5, 5.41) is 9.95. The van der Waals surface area contributed by atoms with E-state index in [0.29, 0.717) is 0 Å². The van der Waals surface area contributed by atoms with Crippen molar-refractivity contribution in [3.05, 3.63) is 35.5 Å². The average Bonchev–Trinajstić information content (AvgIpc) is 2.22. The minimum Gasteiger partial charge on any atom is -0.388 e. The second kappa shape index (κ2) is 5.49. The Morgan fingerprint density at radius 3 is 2.62 bits per heavy atom. The van der Waals surface area contributed by atoms with Gasteiger partial charge in [0.2, 0.25) is 0 Å². The zero-order valence-electron chi connectivity index (χ0n) is 11.0. The molecule has 0 aromatic carbocycles. The molecule has 0 aromatic heterocycles. The third-order valence-corrected chi connectivity index (χ3v) is 3.17. The van der Waals surface area contributed by atoms with Gasteiger partial charge in [0, 0.05) is 0 Å². The SMILES string of the molecule is CC1=CCC(O)C(C)=CCC(C)(C)C=CC1. The summed E-state index contributed by atoms with van der Waals surface area (Å²) < 4.78 is 0.